The van der Waals surface area contributed by atoms with E-state index >= 15 is 0 Å². The molecule has 2 nitrogen and oxygen atoms in total. The molecule has 0 saturated heterocycles. The molecule has 0 radical (unpaired) electrons. The monoisotopic (exact) mass is 370 g/mol. The summed E-state index contributed by atoms with van der Waals surface area (Å²) in [5.74, 6) is -0.0347. The summed E-state index contributed by atoms with van der Waals surface area (Å²) in [4.78, 5) is 25.7. The number of ketones is 2. The van der Waals surface area contributed by atoms with Gasteiger partial charge < -0.3 is 0 Å². The third kappa shape index (κ3) is 3.86. The quantitative estimate of drug-likeness (QED) is 0.505. The minimum Gasteiger partial charge on any atom is -0.289 e. The number of hydrogen-bond donors (Lipinski definition) is 0. The van der Waals surface area contributed by atoms with Gasteiger partial charge in [-0.1, -0.05) is 84.2 Å². The second kappa shape index (κ2) is 7.92. The highest BCUT2D eigenvalue weighted by Crippen LogP contribution is 2.53. The van der Waals surface area contributed by atoms with Crippen molar-refractivity contribution in [2.24, 2.45) is 0 Å². The van der Waals surface area contributed by atoms with Gasteiger partial charge in [-0.3, -0.25) is 9.59 Å². The van der Waals surface area contributed by atoms with Crippen LogP contribution >= 0.6 is 35.3 Å². The molecule has 120 valence electrons. The van der Waals surface area contributed by atoms with Crippen molar-refractivity contribution in [3.8, 4) is 0 Å². The fourth-order valence-corrected chi connectivity index (χ4v) is 5.67. The van der Waals surface area contributed by atoms with Crippen molar-refractivity contribution in [2.75, 3.05) is 6.26 Å². The third-order valence-electron chi connectivity index (χ3n) is 3.32. The summed E-state index contributed by atoms with van der Waals surface area (Å²) in [5.41, 5.74) is 1.32. The Hall–Kier alpha value is -1.69. The average molecular weight is 371 g/mol. The van der Waals surface area contributed by atoms with Gasteiger partial charge in [0.25, 0.3) is 0 Å². The van der Waals surface area contributed by atoms with Gasteiger partial charge >= 0.3 is 0 Å². The summed E-state index contributed by atoms with van der Waals surface area (Å²) in [6.45, 7) is 0. The van der Waals surface area contributed by atoms with E-state index in [1.807, 2.05) is 54.8 Å². The molecule has 0 fully saturated rings. The van der Waals surface area contributed by atoms with Crippen LogP contribution < -0.4 is 0 Å². The van der Waals surface area contributed by atoms with Crippen LogP contribution in [0, 0.1) is 0 Å². The van der Waals surface area contributed by atoms with E-state index in [0.29, 0.717) is 16.0 Å². The zero-order chi connectivity index (χ0) is 16.9. The molecule has 0 amide bonds. The van der Waals surface area contributed by atoms with Crippen LogP contribution in [0.1, 0.15) is 20.7 Å². The lowest BCUT2D eigenvalue weighted by molar-refractivity contribution is 0.103. The molecule has 2 aromatic carbocycles. The molecule has 0 spiro atoms. The highest BCUT2D eigenvalue weighted by atomic mass is 32.2. The van der Waals surface area contributed by atoms with Crippen LogP contribution in [0.5, 0.6) is 0 Å². The molecule has 3 rings (SSSR count). The van der Waals surface area contributed by atoms with Crippen molar-refractivity contribution in [3.05, 3.63) is 91.2 Å². The fraction of sp³-hybridized carbons (Fsp3) is 0.0526. The second-order valence-corrected chi connectivity index (χ2v) is 8.35. The van der Waals surface area contributed by atoms with Crippen LogP contribution in [0.15, 0.2) is 80.1 Å². The van der Waals surface area contributed by atoms with Crippen LogP contribution in [-0.2, 0) is 0 Å². The predicted octanol–water partition coefficient (Wildman–Crippen LogP) is 5.61. The maximum Gasteiger partial charge on any atom is 0.201 e. The maximum absolute atomic E-state index is 12.7. The van der Waals surface area contributed by atoms with Crippen LogP contribution in [0.3, 0.4) is 0 Å². The van der Waals surface area contributed by atoms with E-state index in [0.717, 1.165) is 8.47 Å². The number of rotatable bonds is 5. The molecule has 0 bridgehead atoms. The lowest BCUT2D eigenvalue weighted by Gasteiger charge is -2.02. The summed E-state index contributed by atoms with van der Waals surface area (Å²) in [6, 6.07) is 18.4. The standard InChI is InChI=1S/C19H14O2S3/c1-22-19-18(17(21)14-10-6-3-7-11-14)23-16(24-19)12-15(20)13-8-4-2-5-9-13/h2-12H,1H3/b16-12-. The number of benzene rings is 2. The Kier molecular flexibility index (Phi) is 5.66. The van der Waals surface area contributed by atoms with E-state index in [1.165, 1.54) is 35.3 Å². The van der Waals surface area contributed by atoms with Gasteiger partial charge in [0.1, 0.15) is 0 Å². The van der Waals surface area contributed by atoms with Gasteiger partial charge in [-0.2, -0.15) is 0 Å². The molecule has 0 atom stereocenters. The lowest BCUT2D eigenvalue weighted by atomic mass is 10.1. The molecular formula is C19H14O2S3. The molecule has 1 aliphatic rings. The van der Waals surface area contributed by atoms with Crippen molar-refractivity contribution in [1.29, 1.82) is 0 Å². The third-order valence-corrected chi connectivity index (χ3v) is 7.02. The number of Topliss-reactive ketones (excluding diaryl/α,β-unsaturated/α-hetero) is 1. The Bertz CT molecular complexity index is 824. The zero-order valence-electron chi connectivity index (χ0n) is 12.9. The number of hydrogen-bond acceptors (Lipinski definition) is 5. The van der Waals surface area contributed by atoms with Crippen molar-refractivity contribution >= 4 is 46.9 Å². The summed E-state index contributed by atoms with van der Waals surface area (Å²) in [6.07, 6.45) is 3.56. The van der Waals surface area contributed by atoms with Crippen molar-refractivity contribution in [2.45, 2.75) is 0 Å². The summed E-state index contributed by atoms with van der Waals surface area (Å²) >= 11 is 4.41. The molecule has 0 aromatic heterocycles. The van der Waals surface area contributed by atoms with Gasteiger partial charge in [-0.15, -0.1) is 11.8 Å². The Labute approximate surface area is 153 Å². The average Bonchev–Trinajstić information content (AvgIpc) is 3.05. The molecule has 1 aliphatic heterocycles. The maximum atomic E-state index is 12.7. The largest absolute Gasteiger partial charge is 0.289 e. The van der Waals surface area contributed by atoms with Gasteiger partial charge in [0, 0.05) is 17.2 Å². The number of thioether (sulfide) groups is 3. The Morgan fingerprint density at radius 3 is 2.04 bits per heavy atom. The summed E-state index contributed by atoms with van der Waals surface area (Å²) < 4.78 is 1.79. The van der Waals surface area contributed by atoms with E-state index < -0.39 is 0 Å². The van der Waals surface area contributed by atoms with Gasteiger partial charge in [0.05, 0.1) is 13.4 Å². The fourth-order valence-electron chi connectivity index (χ4n) is 2.15. The first-order valence-electron chi connectivity index (χ1n) is 7.24. The highest BCUT2D eigenvalue weighted by Gasteiger charge is 2.27. The molecule has 0 saturated carbocycles. The van der Waals surface area contributed by atoms with E-state index in [-0.39, 0.29) is 11.6 Å². The zero-order valence-corrected chi connectivity index (χ0v) is 15.3. The Morgan fingerprint density at radius 1 is 0.875 bits per heavy atom. The predicted molar refractivity (Wildman–Crippen MR) is 105 cm³/mol. The normalized spacial score (nSPS) is 15.8. The van der Waals surface area contributed by atoms with Gasteiger partial charge in [0.15, 0.2) is 5.78 Å². The topological polar surface area (TPSA) is 34.1 Å². The number of carbonyl (C=O) groups is 2. The molecule has 0 N–H and O–H groups in total. The minimum atomic E-state index is -0.0422. The van der Waals surface area contributed by atoms with E-state index in [4.69, 9.17) is 0 Å². The van der Waals surface area contributed by atoms with Gasteiger partial charge in [-0.25, -0.2) is 0 Å². The van der Waals surface area contributed by atoms with E-state index in [2.05, 4.69) is 0 Å². The molecular weight excluding hydrogens is 356 g/mol. The number of carbonyl (C=O) groups excluding carboxylic acids is 2. The molecule has 0 aliphatic carbocycles. The Balaban J connectivity index is 1.81. The van der Waals surface area contributed by atoms with Crippen LogP contribution in [0.4, 0.5) is 0 Å². The molecule has 5 heteroatoms. The van der Waals surface area contributed by atoms with Crippen LogP contribution in [0.25, 0.3) is 0 Å². The molecule has 2 aromatic rings. The van der Waals surface area contributed by atoms with Crippen molar-refractivity contribution < 1.29 is 9.59 Å². The smallest absolute Gasteiger partial charge is 0.201 e. The molecule has 24 heavy (non-hydrogen) atoms. The first kappa shape index (κ1) is 17.1. The van der Waals surface area contributed by atoms with E-state index in [1.54, 1.807) is 18.2 Å². The van der Waals surface area contributed by atoms with Gasteiger partial charge in [-0.05, 0) is 6.26 Å². The minimum absolute atomic E-state index is 0.00742. The first-order valence-corrected chi connectivity index (χ1v) is 10.1. The van der Waals surface area contributed by atoms with Gasteiger partial charge in [0.2, 0.25) is 5.78 Å². The lowest BCUT2D eigenvalue weighted by Crippen LogP contribution is -2.00. The molecule has 0 unspecified atom stereocenters. The SMILES string of the molecule is CSC1=C(C(=O)c2ccccc2)S/C(=C/C(=O)c2ccccc2)S1. The van der Waals surface area contributed by atoms with Crippen molar-refractivity contribution in [3.63, 3.8) is 0 Å². The van der Waals surface area contributed by atoms with E-state index in [9.17, 15) is 9.59 Å². The number of allylic oxidation sites excluding steroid dienone is 2. The highest BCUT2D eigenvalue weighted by molar-refractivity contribution is 8.36. The van der Waals surface area contributed by atoms with Crippen LogP contribution in [-0.4, -0.2) is 17.8 Å². The second-order valence-electron chi connectivity index (χ2n) is 4.91. The summed E-state index contributed by atoms with van der Waals surface area (Å²) in [5, 5.41) is 0. The first-order chi connectivity index (χ1) is 11.7. The summed E-state index contributed by atoms with van der Waals surface area (Å²) in [7, 11) is 0. The van der Waals surface area contributed by atoms with Crippen LogP contribution in [0.2, 0.25) is 0 Å². The molecule has 1 heterocycles. The van der Waals surface area contributed by atoms with Crippen molar-refractivity contribution in [1.82, 2.24) is 0 Å². The Morgan fingerprint density at radius 2 is 1.46 bits per heavy atom.